The van der Waals surface area contributed by atoms with Gasteiger partial charge in [-0.2, -0.15) is 0 Å². The second kappa shape index (κ2) is 13.5. The zero-order chi connectivity index (χ0) is 23.4. The SMILES string of the molecule is CNOCc1ccc(NC(=O)[C@@H](C)NC(=O)[C@H](NC(=O)CCCC(C)=O)C(C)C)cc1. The number of rotatable bonds is 13. The van der Waals surface area contributed by atoms with Crippen LogP contribution in [0.25, 0.3) is 0 Å². The first-order valence-electron chi connectivity index (χ1n) is 10.4. The number of nitrogens with one attached hydrogen (secondary N) is 4. The van der Waals surface area contributed by atoms with Crippen molar-refractivity contribution in [2.24, 2.45) is 5.92 Å². The number of hydroxylamine groups is 1. The molecule has 1 rings (SSSR count). The van der Waals surface area contributed by atoms with Crippen LogP contribution in [0.5, 0.6) is 0 Å². The van der Waals surface area contributed by atoms with Gasteiger partial charge in [-0.05, 0) is 43.9 Å². The molecule has 0 bridgehead atoms. The van der Waals surface area contributed by atoms with Gasteiger partial charge in [0.25, 0.3) is 0 Å². The van der Waals surface area contributed by atoms with Crippen LogP contribution < -0.4 is 21.4 Å². The second-order valence-corrected chi connectivity index (χ2v) is 7.75. The minimum atomic E-state index is -0.796. The Morgan fingerprint density at radius 1 is 0.935 bits per heavy atom. The van der Waals surface area contributed by atoms with E-state index in [9.17, 15) is 19.2 Å². The molecule has 0 heterocycles. The maximum atomic E-state index is 12.6. The lowest BCUT2D eigenvalue weighted by molar-refractivity contribution is -0.131. The number of carbonyl (C=O) groups excluding carboxylic acids is 4. The molecule has 0 saturated carbocycles. The quantitative estimate of drug-likeness (QED) is 0.350. The maximum absolute atomic E-state index is 12.6. The Labute approximate surface area is 183 Å². The number of ketones is 1. The van der Waals surface area contributed by atoms with Crippen LogP contribution in [-0.2, 0) is 30.6 Å². The van der Waals surface area contributed by atoms with E-state index in [-0.39, 0.29) is 29.9 Å². The second-order valence-electron chi connectivity index (χ2n) is 7.75. The molecule has 0 radical (unpaired) electrons. The first-order valence-corrected chi connectivity index (χ1v) is 10.4. The first kappa shape index (κ1) is 26.3. The molecule has 0 spiro atoms. The summed E-state index contributed by atoms with van der Waals surface area (Å²) < 4.78 is 0. The van der Waals surface area contributed by atoms with Crippen LogP contribution in [0.4, 0.5) is 5.69 Å². The van der Waals surface area contributed by atoms with Crippen LogP contribution in [0, 0.1) is 5.92 Å². The summed E-state index contributed by atoms with van der Waals surface area (Å²) in [7, 11) is 1.67. The molecule has 172 valence electrons. The van der Waals surface area contributed by atoms with E-state index in [1.807, 2.05) is 26.0 Å². The molecule has 0 aliphatic carbocycles. The summed E-state index contributed by atoms with van der Waals surface area (Å²) in [5, 5.41) is 8.10. The topological polar surface area (TPSA) is 126 Å². The summed E-state index contributed by atoms with van der Waals surface area (Å²) in [4.78, 5) is 53.3. The molecule has 31 heavy (non-hydrogen) atoms. The number of hydrogen-bond acceptors (Lipinski definition) is 6. The normalized spacial score (nSPS) is 12.7. The summed E-state index contributed by atoms with van der Waals surface area (Å²) in [6.45, 7) is 7.07. The Balaban J connectivity index is 2.58. The molecule has 2 atom stereocenters. The van der Waals surface area contributed by atoms with E-state index >= 15 is 0 Å². The molecule has 0 aliphatic heterocycles. The Bertz CT molecular complexity index is 749. The molecular formula is C22H34N4O5. The van der Waals surface area contributed by atoms with Gasteiger partial charge in [0.05, 0.1) is 6.61 Å². The highest BCUT2D eigenvalue weighted by molar-refractivity contribution is 5.98. The Hall–Kier alpha value is -2.78. The van der Waals surface area contributed by atoms with Crippen molar-refractivity contribution >= 4 is 29.2 Å². The molecule has 3 amide bonds. The molecule has 0 fully saturated rings. The number of anilines is 1. The lowest BCUT2D eigenvalue weighted by Crippen LogP contribution is -2.53. The van der Waals surface area contributed by atoms with E-state index in [0.717, 1.165) is 5.56 Å². The van der Waals surface area contributed by atoms with Gasteiger partial charge < -0.3 is 20.7 Å². The highest BCUT2D eigenvalue weighted by Crippen LogP contribution is 2.11. The first-order chi connectivity index (χ1) is 14.6. The zero-order valence-corrected chi connectivity index (χ0v) is 18.9. The molecule has 1 aromatic carbocycles. The average Bonchev–Trinajstić information content (AvgIpc) is 2.70. The van der Waals surface area contributed by atoms with E-state index in [2.05, 4.69) is 21.4 Å². The van der Waals surface area contributed by atoms with E-state index < -0.39 is 18.0 Å². The summed E-state index contributed by atoms with van der Waals surface area (Å²) in [5.74, 6) is -1.25. The fourth-order valence-electron chi connectivity index (χ4n) is 2.74. The molecule has 0 unspecified atom stereocenters. The summed E-state index contributed by atoms with van der Waals surface area (Å²) >= 11 is 0. The van der Waals surface area contributed by atoms with Crippen molar-refractivity contribution < 1.29 is 24.0 Å². The van der Waals surface area contributed by atoms with Crippen molar-refractivity contribution in [2.75, 3.05) is 12.4 Å². The van der Waals surface area contributed by atoms with Crippen molar-refractivity contribution in [1.29, 1.82) is 0 Å². The third-order valence-corrected chi connectivity index (χ3v) is 4.55. The van der Waals surface area contributed by atoms with Crippen LogP contribution in [0.1, 0.15) is 52.5 Å². The lowest BCUT2D eigenvalue weighted by Gasteiger charge is -2.24. The molecule has 0 aliphatic rings. The van der Waals surface area contributed by atoms with Gasteiger partial charge >= 0.3 is 0 Å². The van der Waals surface area contributed by atoms with Gasteiger partial charge in [-0.15, -0.1) is 0 Å². The third-order valence-electron chi connectivity index (χ3n) is 4.55. The van der Waals surface area contributed by atoms with Gasteiger partial charge in [0, 0.05) is 25.6 Å². The minimum Gasteiger partial charge on any atom is -0.344 e. The lowest BCUT2D eigenvalue weighted by atomic mass is 10.0. The highest BCUT2D eigenvalue weighted by Gasteiger charge is 2.26. The van der Waals surface area contributed by atoms with Gasteiger partial charge in [0.15, 0.2) is 0 Å². The van der Waals surface area contributed by atoms with Gasteiger partial charge in [-0.25, -0.2) is 5.48 Å². The van der Waals surface area contributed by atoms with Crippen LogP contribution in [0.15, 0.2) is 24.3 Å². The van der Waals surface area contributed by atoms with Gasteiger partial charge in [0.1, 0.15) is 17.9 Å². The number of carbonyl (C=O) groups is 4. The summed E-state index contributed by atoms with van der Waals surface area (Å²) in [6.07, 6.45) is 0.931. The van der Waals surface area contributed by atoms with E-state index in [0.29, 0.717) is 25.1 Å². The molecular weight excluding hydrogens is 400 g/mol. The van der Waals surface area contributed by atoms with Gasteiger partial charge in [0.2, 0.25) is 17.7 Å². The van der Waals surface area contributed by atoms with Gasteiger partial charge in [-0.3, -0.25) is 19.2 Å². The van der Waals surface area contributed by atoms with E-state index in [1.54, 1.807) is 26.1 Å². The molecule has 0 aromatic heterocycles. The van der Waals surface area contributed by atoms with Crippen molar-refractivity contribution in [3.05, 3.63) is 29.8 Å². The van der Waals surface area contributed by atoms with Gasteiger partial charge in [-0.1, -0.05) is 26.0 Å². The molecule has 4 N–H and O–H groups in total. The number of amides is 3. The van der Waals surface area contributed by atoms with Crippen LogP contribution in [0.3, 0.4) is 0 Å². The summed E-state index contributed by atoms with van der Waals surface area (Å²) in [6, 6.07) is 5.58. The Kier molecular flexibility index (Phi) is 11.4. The number of benzene rings is 1. The van der Waals surface area contributed by atoms with Crippen molar-refractivity contribution in [3.8, 4) is 0 Å². The average molecular weight is 435 g/mol. The minimum absolute atomic E-state index is 0.0201. The third kappa shape index (κ3) is 10.2. The highest BCUT2D eigenvalue weighted by atomic mass is 16.6. The van der Waals surface area contributed by atoms with E-state index in [1.165, 1.54) is 6.92 Å². The molecule has 9 heteroatoms. The van der Waals surface area contributed by atoms with E-state index in [4.69, 9.17) is 4.84 Å². The predicted octanol–water partition coefficient (Wildman–Crippen LogP) is 1.68. The monoisotopic (exact) mass is 434 g/mol. The van der Waals surface area contributed by atoms with Crippen molar-refractivity contribution in [1.82, 2.24) is 16.1 Å². The Morgan fingerprint density at radius 2 is 1.58 bits per heavy atom. The maximum Gasteiger partial charge on any atom is 0.246 e. The number of hydrogen-bond donors (Lipinski definition) is 4. The fraction of sp³-hybridized carbons (Fsp3) is 0.545. The number of Topliss-reactive ketones (excluding diaryl/α,β-unsaturated/α-hetero) is 1. The largest absolute Gasteiger partial charge is 0.344 e. The Morgan fingerprint density at radius 3 is 2.13 bits per heavy atom. The summed E-state index contributed by atoms with van der Waals surface area (Å²) in [5.41, 5.74) is 4.12. The predicted molar refractivity (Wildman–Crippen MR) is 118 cm³/mol. The standard InChI is InChI=1S/C22H34N4O5/c1-14(2)20(26-19(28)8-6-7-15(3)27)22(30)24-16(4)21(29)25-18-11-9-17(10-12-18)13-31-23-5/h9-12,14,16,20,23H,6-8,13H2,1-5H3,(H,24,30)(H,25,29)(H,26,28)/t16-,20-/m1/s1. The van der Waals surface area contributed by atoms with Crippen molar-refractivity contribution in [2.45, 2.75) is 65.6 Å². The molecule has 0 saturated heterocycles. The van der Waals surface area contributed by atoms with Crippen LogP contribution >= 0.6 is 0 Å². The van der Waals surface area contributed by atoms with Crippen molar-refractivity contribution in [3.63, 3.8) is 0 Å². The fourth-order valence-corrected chi connectivity index (χ4v) is 2.74. The van der Waals surface area contributed by atoms with Crippen LogP contribution in [-0.4, -0.2) is 42.6 Å². The smallest absolute Gasteiger partial charge is 0.246 e. The molecule has 9 nitrogen and oxygen atoms in total. The van der Waals surface area contributed by atoms with Crippen LogP contribution in [0.2, 0.25) is 0 Å². The zero-order valence-electron chi connectivity index (χ0n) is 18.9. The molecule has 1 aromatic rings.